The van der Waals surface area contributed by atoms with Gasteiger partial charge in [-0.3, -0.25) is 5.43 Å². The molecule has 0 amide bonds. The predicted octanol–water partition coefficient (Wildman–Crippen LogP) is 4.22. The molecule has 29 heavy (non-hydrogen) atoms. The third kappa shape index (κ3) is 5.14. The van der Waals surface area contributed by atoms with Gasteiger partial charge in [-0.05, 0) is 60.2 Å². The number of para-hydroxylation sites is 1. The lowest BCUT2D eigenvalue weighted by Crippen LogP contribution is -2.23. The Kier molecular flexibility index (Phi) is 6.16. The average Bonchev–Trinajstić information content (AvgIpc) is 2.70. The second-order valence-corrected chi connectivity index (χ2v) is 6.37. The number of phenols is 1. The van der Waals surface area contributed by atoms with Gasteiger partial charge < -0.3 is 15.5 Å². The molecular formula is C21H16FN3O3S. The van der Waals surface area contributed by atoms with Crippen molar-refractivity contribution in [1.29, 1.82) is 0 Å². The van der Waals surface area contributed by atoms with Crippen molar-refractivity contribution in [1.82, 2.24) is 5.43 Å². The number of carbonyl (C=O) groups is 1. The lowest BCUT2D eigenvalue weighted by Gasteiger charge is -2.08. The Hall–Kier alpha value is -3.78. The Morgan fingerprint density at radius 3 is 2.38 bits per heavy atom. The number of nitrogens with one attached hydrogen (secondary N) is 2. The second kappa shape index (κ2) is 8.94. The minimum Gasteiger partial charge on any atom is -0.507 e. The lowest BCUT2D eigenvalue weighted by molar-refractivity contribution is 0.0697. The third-order valence-corrected chi connectivity index (χ3v) is 4.18. The fraction of sp³-hybridized carbons (Fsp3) is 0. The maximum atomic E-state index is 13.1. The molecule has 0 atom stereocenters. The van der Waals surface area contributed by atoms with Gasteiger partial charge in [-0.15, -0.1) is 0 Å². The summed E-state index contributed by atoms with van der Waals surface area (Å²) in [5.41, 5.74) is 5.07. The summed E-state index contributed by atoms with van der Waals surface area (Å²) in [5.74, 6) is -1.36. The molecule has 0 saturated heterocycles. The summed E-state index contributed by atoms with van der Waals surface area (Å²) < 4.78 is 13.1. The van der Waals surface area contributed by atoms with Crippen molar-refractivity contribution in [3.8, 4) is 16.9 Å². The van der Waals surface area contributed by atoms with Crippen LogP contribution in [0.1, 0.15) is 15.9 Å². The van der Waals surface area contributed by atoms with E-state index in [4.69, 9.17) is 17.3 Å². The molecule has 0 unspecified atom stereocenters. The Bertz CT molecular complexity index is 1070. The van der Waals surface area contributed by atoms with E-state index in [1.807, 2.05) is 0 Å². The lowest BCUT2D eigenvalue weighted by atomic mass is 10.0. The Morgan fingerprint density at radius 1 is 1.03 bits per heavy atom. The summed E-state index contributed by atoms with van der Waals surface area (Å²) in [6.07, 6.45) is 1.41. The van der Waals surface area contributed by atoms with Crippen LogP contribution in [0.25, 0.3) is 11.1 Å². The number of hydrogen-bond donors (Lipinski definition) is 4. The zero-order valence-corrected chi connectivity index (χ0v) is 15.8. The van der Waals surface area contributed by atoms with Gasteiger partial charge >= 0.3 is 5.97 Å². The van der Waals surface area contributed by atoms with Gasteiger partial charge in [-0.25, -0.2) is 9.18 Å². The Labute approximate surface area is 171 Å². The maximum Gasteiger partial charge on any atom is 0.335 e. The van der Waals surface area contributed by atoms with Crippen LogP contribution >= 0.6 is 12.2 Å². The van der Waals surface area contributed by atoms with Crippen LogP contribution in [0.15, 0.2) is 71.8 Å². The number of aromatic hydroxyl groups is 1. The number of aromatic carboxylic acids is 1. The molecule has 0 aliphatic heterocycles. The largest absolute Gasteiger partial charge is 0.507 e. The van der Waals surface area contributed by atoms with E-state index in [9.17, 15) is 14.3 Å². The van der Waals surface area contributed by atoms with E-state index < -0.39 is 5.97 Å². The van der Waals surface area contributed by atoms with E-state index in [0.717, 1.165) is 0 Å². The predicted molar refractivity (Wildman–Crippen MR) is 114 cm³/mol. The highest BCUT2D eigenvalue weighted by Gasteiger charge is 2.08. The van der Waals surface area contributed by atoms with Crippen LogP contribution in [0.5, 0.6) is 5.75 Å². The molecule has 3 rings (SSSR count). The molecule has 8 heteroatoms. The molecule has 0 aliphatic rings. The van der Waals surface area contributed by atoms with Gasteiger partial charge in [0.1, 0.15) is 11.6 Å². The number of phenolic OH excluding ortho intramolecular Hbond substituents is 1. The number of carboxylic acid groups (broad SMARTS) is 1. The summed E-state index contributed by atoms with van der Waals surface area (Å²) in [5, 5.41) is 26.4. The number of halogens is 1. The van der Waals surface area contributed by atoms with Gasteiger partial charge in [0, 0.05) is 16.8 Å². The van der Waals surface area contributed by atoms with E-state index in [1.54, 1.807) is 42.5 Å². The quantitative estimate of drug-likeness (QED) is 0.286. The van der Waals surface area contributed by atoms with Crippen LogP contribution < -0.4 is 10.7 Å². The molecule has 0 aliphatic carbocycles. The molecular weight excluding hydrogens is 393 g/mol. The number of rotatable bonds is 5. The molecule has 146 valence electrons. The van der Waals surface area contributed by atoms with Gasteiger partial charge in [0.05, 0.1) is 11.8 Å². The molecule has 0 bridgehead atoms. The molecule has 0 spiro atoms. The SMILES string of the molecule is O=C(O)c1ccc(NC(=S)N/N=C/c2cccc(-c3ccc(F)cc3)c2O)cc1. The van der Waals surface area contributed by atoms with Crippen molar-refractivity contribution in [2.75, 3.05) is 5.32 Å². The van der Waals surface area contributed by atoms with Crippen molar-refractivity contribution >= 4 is 35.2 Å². The van der Waals surface area contributed by atoms with Gasteiger partial charge in [0.25, 0.3) is 0 Å². The van der Waals surface area contributed by atoms with E-state index >= 15 is 0 Å². The summed E-state index contributed by atoms with van der Waals surface area (Å²) in [7, 11) is 0. The number of thiocarbonyl (C=S) groups is 1. The number of hydrogen-bond acceptors (Lipinski definition) is 4. The first-order valence-corrected chi connectivity index (χ1v) is 8.86. The summed E-state index contributed by atoms with van der Waals surface area (Å²) in [6.45, 7) is 0. The highest BCUT2D eigenvalue weighted by molar-refractivity contribution is 7.80. The number of nitrogens with zero attached hydrogens (tertiary/aromatic N) is 1. The summed E-state index contributed by atoms with van der Waals surface area (Å²) in [6, 6.07) is 17.0. The van der Waals surface area contributed by atoms with Gasteiger partial charge in [0.2, 0.25) is 0 Å². The maximum absolute atomic E-state index is 13.1. The minimum absolute atomic E-state index is 0.00722. The van der Waals surface area contributed by atoms with E-state index in [0.29, 0.717) is 22.4 Å². The normalized spacial score (nSPS) is 10.7. The number of anilines is 1. The Morgan fingerprint density at radius 2 is 1.72 bits per heavy atom. The second-order valence-electron chi connectivity index (χ2n) is 5.96. The van der Waals surface area contributed by atoms with E-state index in [-0.39, 0.29) is 22.2 Å². The van der Waals surface area contributed by atoms with Crippen LogP contribution in [0.2, 0.25) is 0 Å². The molecule has 0 heterocycles. The van der Waals surface area contributed by atoms with Gasteiger partial charge in [0.15, 0.2) is 5.11 Å². The fourth-order valence-electron chi connectivity index (χ4n) is 2.54. The van der Waals surface area contributed by atoms with Crippen molar-refractivity contribution in [3.63, 3.8) is 0 Å². The monoisotopic (exact) mass is 409 g/mol. The number of hydrazone groups is 1. The van der Waals surface area contributed by atoms with E-state index in [2.05, 4.69) is 15.8 Å². The zero-order valence-electron chi connectivity index (χ0n) is 15.0. The van der Waals surface area contributed by atoms with Crippen LogP contribution in [0, 0.1) is 5.82 Å². The Balaban J connectivity index is 1.65. The minimum atomic E-state index is -1.01. The molecule has 4 N–H and O–H groups in total. The highest BCUT2D eigenvalue weighted by Crippen LogP contribution is 2.31. The smallest absolute Gasteiger partial charge is 0.335 e. The number of carboxylic acids is 1. The standard InChI is InChI=1S/C21H16FN3O3S/c22-16-8-4-13(5-9-16)18-3-1-2-15(19(18)26)12-23-25-21(29)24-17-10-6-14(7-11-17)20(27)28/h1-12,26H,(H,27,28)(H2,24,25,29)/b23-12+. The fourth-order valence-corrected chi connectivity index (χ4v) is 2.71. The van der Waals surface area contributed by atoms with Crippen molar-refractivity contribution in [2.24, 2.45) is 5.10 Å². The van der Waals surface area contributed by atoms with Crippen molar-refractivity contribution in [2.45, 2.75) is 0 Å². The average molecular weight is 409 g/mol. The van der Waals surface area contributed by atoms with E-state index in [1.165, 1.54) is 30.5 Å². The molecule has 3 aromatic rings. The summed E-state index contributed by atoms with van der Waals surface area (Å²) in [4.78, 5) is 10.9. The molecule has 0 radical (unpaired) electrons. The first-order chi connectivity index (χ1) is 13.9. The molecule has 0 aromatic heterocycles. The third-order valence-electron chi connectivity index (χ3n) is 3.98. The number of benzene rings is 3. The molecule has 0 fully saturated rings. The zero-order chi connectivity index (χ0) is 20.8. The van der Waals surface area contributed by atoms with Crippen LogP contribution in [0.4, 0.5) is 10.1 Å². The molecule has 3 aromatic carbocycles. The van der Waals surface area contributed by atoms with Crippen molar-refractivity contribution in [3.05, 3.63) is 83.7 Å². The molecule has 0 saturated carbocycles. The summed E-state index contributed by atoms with van der Waals surface area (Å²) >= 11 is 5.13. The van der Waals surface area contributed by atoms with Gasteiger partial charge in [-0.1, -0.05) is 24.3 Å². The topological polar surface area (TPSA) is 94.0 Å². The van der Waals surface area contributed by atoms with Crippen molar-refractivity contribution < 1.29 is 19.4 Å². The van der Waals surface area contributed by atoms with Crippen LogP contribution in [-0.2, 0) is 0 Å². The van der Waals surface area contributed by atoms with Crippen LogP contribution in [0.3, 0.4) is 0 Å². The first kappa shape index (κ1) is 20.0. The van der Waals surface area contributed by atoms with Gasteiger partial charge in [-0.2, -0.15) is 5.10 Å². The van der Waals surface area contributed by atoms with Crippen LogP contribution in [-0.4, -0.2) is 27.5 Å². The first-order valence-electron chi connectivity index (χ1n) is 8.45. The molecule has 6 nitrogen and oxygen atoms in total. The highest BCUT2D eigenvalue weighted by atomic mass is 32.1.